The molecule has 0 spiro atoms. The Bertz CT molecular complexity index is 415. The molecule has 0 aliphatic carbocycles. The molecule has 2 rings (SSSR count). The van der Waals surface area contributed by atoms with Gasteiger partial charge in [0.15, 0.2) is 0 Å². The maximum Gasteiger partial charge on any atom is 0.140 e. The van der Waals surface area contributed by atoms with Gasteiger partial charge in [0.25, 0.3) is 0 Å². The summed E-state index contributed by atoms with van der Waals surface area (Å²) in [6.07, 6.45) is 0. The summed E-state index contributed by atoms with van der Waals surface area (Å²) in [6, 6.07) is 10.5. The minimum atomic E-state index is 0.474. The van der Waals surface area contributed by atoms with Gasteiger partial charge in [-0.05, 0) is 19.9 Å². The lowest BCUT2D eigenvalue weighted by Gasteiger charge is -2.04. The summed E-state index contributed by atoms with van der Waals surface area (Å²) in [6.45, 7) is 4.26. The standard InChI is InChI=1S/C12H12NO2/c1-9-12(10(2)15-13-9)8-14-11-6-4-3-5-7-11/h3-6H,8H2,1-2H3. The largest absolute Gasteiger partial charge is 0.488 e. The maximum absolute atomic E-state index is 5.56. The van der Waals surface area contributed by atoms with Crippen LogP contribution >= 0.6 is 0 Å². The Morgan fingerprint density at radius 3 is 2.87 bits per heavy atom. The number of hydrogen-bond donors (Lipinski definition) is 0. The Morgan fingerprint density at radius 2 is 2.27 bits per heavy atom. The fraction of sp³-hybridized carbons (Fsp3) is 0.250. The van der Waals surface area contributed by atoms with Crippen LogP contribution in [0.5, 0.6) is 5.75 Å². The maximum atomic E-state index is 5.56. The van der Waals surface area contributed by atoms with E-state index in [0.717, 1.165) is 22.8 Å². The van der Waals surface area contributed by atoms with Crippen molar-refractivity contribution in [2.45, 2.75) is 20.5 Å². The molecule has 0 aliphatic rings. The van der Waals surface area contributed by atoms with Crippen LogP contribution < -0.4 is 4.74 Å². The number of hydrogen-bond acceptors (Lipinski definition) is 3. The molecular weight excluding hydrogens is 190 g/mol. The summed E-state index contributed by atoms with van der Waals surface area (Å²) in [7, 11) is 0. The SMILES string of the molecule is Cc1noc(C)c1COc1[c]cccc1. The lowest BCUT2D eigenvalue weighted by molar-refractivity contribution is 0.301. The van der Waals surface area contributed by atoms with Crippen molar-refractivity contribution in [1.29, 1.82) is 0 Å². The normalized spacial score (nSPS) is 10.3. The molecule has 0 aliphatic heterocycles. The van der Waals surface area contributed by atoms with Crippen LogP contribution in [-0.4, -0.2) is 5.16 Å². The van der Waals surface area contributed by atoms with Crippen LogP contribution in [0.25, 0.3) is 0 Å². The van der Waals surface area contributed by atoms with E-state index in [1.54, 1.807) is 0 Å². The molecule has 1 aromatic heterocycles. The molecule has 0 saturated carbocycles. The molecule has 0 amide bonds. The van der Waals surface area contributed by atoms with Gasteiger partial charge in [0.1, 0.15) is 18.1 Å². The van der Waals surface area contributed by atoms with Crippen molar-refractivity contribution < 1.29 is 9.26 Å². The van der Waals surface area contributed by atoms with Gasteiger partial charge in [-0.15, -0.1) is 0 Å². The lowest BCUT2D eigenvalue weighted by Crippen LogP contribution is -1.97. The topological polar surface area (TPSA) is 35.3 Å². The van der Waals surface area contributed by atoms with Gasteiger partial charge in [0.05, 0.1) is 11.3 Å². The van der Waals surface area contributed by atoms with E-state index < -0.39 is 0 Å². The van der Waals surface area contributed by atoms with Crippen LogP contribution in [0.1, 0.15) is 17.0 Å². The van der Waals surface area contributed by atoms with Gasteiger partial charge in [-0.3, -0.25) is 0 Å². The number of para-hydroxylation sites is 1. The van der Waals surface area contributed by atoms with Crippen molar-refractivity contribution in [3.8, 4) is 5.75 Å². The second-order valence-corrected chi connectivity index (χ2v) is 3.32. The van der Waals surface area contributed by atoms with Crippen molar-refractivity contribution in [3.05, 3.63) is 47.3 Å². The van der Waals surface area contributed by atoms with E-state index in [9.17, 15) is 0 Å². The van der Waals surface area contributed by atoms with Crippen LogP contribution in [0.2, 0.25) is 0 Å². The van der Waals surface area contributed by atoms with E-state index in [2.05, 4.69) is 11.2 Å². The summed E-state index contributed by atoms with van der Waals surface area (Å²) in [5.74, 6) is 1.54. The Balaban J connectivity index is 2.05. The van der Waals surface area contributed by atoms with Gasteiger partial charge in [-0.25, -0.2) is 0 Å². The average molecular weight is 202 g/mol. The summed E-state index contributed by atoms with van der Waals surface area (Å²) < 4.78 is 10.6. The van der Waals surface area contributed by atoms with Crippen LogP contribution in [0, 0.1) is 19.9 Å². The van der Waals surface area contributed by atoms with E-state index in [1.165, 1.54) is 0 Å². The summed E-state index contributed by atoms with van der Waals surface area (Å²) in [5.41, 5.74) is 1.88. The molecule has 2 aromatic rings. The van der Waals surface area contributed by atoms with Gasteiger partial charge >= 0.3 is 0 Å². The Morgan fingerprint density at radius 1 is 1.40 bits per heavy atom. The molecular formula is C12H12NO2. The van der Waals surface area contributed by atoms with Gasteiger partial charge < -0.3 is 9.26 Å². The first-order valence-corrected chi connectivity index (χ1v) is 4.78. The zero-order valence-electron chi connectivity index (χ0n) is 8.78. The summed E-state index contributed by atoms with van der Waals surface area (Å²) >= 11 is 0. The molecule has 1 radical (unpaired) electrons. The molecule has 0 saturated heterocycles. The van der Waals surface area contributed by atoms with Crippen LogP contribution in [0.4, 0.5) is 0 Å². The highest BCUT2D eigenvalue weighted by Crippen LogP contribution is 2.16. The smallest absolute Gasteiger partial charge is 0.140 e. The molecule has 15 heavy (non-hydrogen) atoms. The average Bonchev–Trinajstić information content (AvgIpc) is 2.58. The molecule has 3 heteroatoms. The van der Waals surface area contributed by atoms with E-state index in [-0.39, 0.29) is 0 Å². The zero-order chi connectivity index (χ0) is 10.7. The predicted molar refractivity (Wildman–Crippen MR) is 55.6 cm³/mol. The van der Waals surface area contributed by atoms with Crippen LogP contribution in [0.15, 0.2) is 28.8 Å². The number of aromatic nitrogens is 1. The van der Waals surface area contributed by atoms with Crippen molar-refractivity contribution in [3.63, 3.8) is 0 Å². The van der Waals surface area contributed by atoms with Crippen molar-refractivity contribution in [1.82, 2.24) is 5.16 Å². The first kappa shape index (κ1) is 9.77. The minimum absolute atomic E-state index is 0.474. The number of ether oxygens (including phenoxy) is 1. The Labute approximate surface area is 88.7 Å². The molecule has 1 aromatic carbocycles. The fourth-order valence-electron chi connectivity index (χ4n) is 1.32. The van der Waals surface area contributed by atoms with Gasteiger partial charge in [0, 0.05) is 6.07 Å². The second kappa shape index (κ2) is 4.17. The van der Waals surface area contributed by atoms with E-state index >= 15 is 0 Å². The van der Waals surface area contributed by atoms with Crippen molar-refractivity contribution in [2.75, 3.05) is 0 Å². The van der Waals surface area contributed by atoms with E-state index in [0.29, 0.717) is 6.61 Å². The highest BCUT2D eigenvalue weighted by atomic mass is 16.5. The highest BCUT2D eigenvalue weighted by Gasteiger charge is 2.08. The van der Waals surface area contributed by atoms with Crippen LogP contribution in [0.3, 0.4) is 0 Å². The number of aryl methyl sites for hydroxylation is 2. The molecule has 0 bridgehead atoms. The lowest BCUT2D eigenvalue weighted by atomic mass is 10.2. The van der Waals surface area contributed by atoms with Gasteiger partial charge in [0.2, 0.25) is 0 Å². The molecule has 3 nitrogen and oxygen atoms in total. The first-order chi connectivity index (χ1) is 7.27. The monoisotopic (exact) mass is 202 g/mol. The third-order valence-electron chi connectivity index (χ3n) is 2.23. The van der Waals surface area contributed by atoms with E-state index in [1.807, 2.05) is 38.1 Å². The van der Waals surface area contributed by atoms with Crippen molar-refractivity contribution in [2.24, 2.45) is 0 Å². The number of benzene rings is 1. The third-order valence-corrected chi connectivity index (χ3v) is 2.23. The number of rotatable bonds is 3. The minimum Gasteiger partial charge on any atom is -0.488 e. The van der Waals surface area contributed by atoms with Crippen molar-refractivity contribution >= 4 is 0 Å². The Kier molecular flexibility index (Phi) is 2.72. The molecule has 0 fully saturated rings. The van der Waals surface area contributed by atoms with Gasteiger partial charge in [-0.1, -0.05) is 23.4 Å². The zero-order valence-corrected chi connectivity index (χ0v) is 8.78. The number of nitrogens with zero attached hydrogens (tertiary/aromatic N) is 1. The predicted octanol–water partition coefficient (Wildman–Crippen LogP) is 2.67. The van der Waals surface area contributed by atoms with E-state index in [4.69, 9.17) is 9.26 Å². The fourth-order valence-corrected chi connectivity index (χ4v) is 1.32. The first-order valence-electron chi connectivity index (χ1n) is 4.78. The van der Waals surface area contributed by atoms with Crippen LogP contribution in [-0.2, 0) is 6.61 Å². The molecule has 1 heterocycles. The van der Waals surface area contributed by atoms with Gasteiger partial charge in [-0.2, -0.15) is 0 Å². The third kappa shape index (κ3) is 2.18. The molecule has 0 unspecified atom stereocenters. The summed E-state index contributed by atoms with van der Waals surface area (Å²) in [5, 5.41) is 3.86. The quantitative estimate of drug-likeness (QED) is 0.767. The molecule has 0 N–H and O–H groups in total. The molecule has 77 valence electrons. The summed E-state index contributed by atoms with van der Waals surface area (Å²) in [4.78, 5) is 0. The Hall–Kier alpha value is -1.77. The highest BCUT2D eigenvalue weighted by molar-refractivity contribution is 5.23. The molecule has 0 atom stereocenters. The second-order valence-electron chi connectivity index (χ2n) is 3.32.